The van der Waals surface area contributed by atoms with E-state index in [0.717, 1.165) is 36.9 Å². The van der Waals surface area contributed by atoms with Crippen molar-refractivity contribution in [2.75, 3.05) is 18.4 Å². The summed E-state index contributed by atoms with van der Waals surface area (Å²) in [5.41, 5.74) is 2.19. The summed E-state index contributed by atoms with van der Waals surface area (Å²) in [4.78, 5) is 38.9. The average Bonchev–Trinajstić information content (AvgIpc) is 2.70. The Morgan fingerprint density at radius 2 is 1.93 bits per heavy atom. The molecule has 0 radical (unpaired) electrons. The number of anilines is 2. The Bertz CT molecular complexity index is 1130. The van der Waals surface area contributed by atoms with Crippen molar-refractivity contribution in [2.45, 2.75) is 39.7 Å². The lowest BCUT2D eigenvalue weighted by molar-refractivity contribution is 0.101. The van der Waals surface area contributed by atoms with Gasteiger partial charge in [-0.25, -0.2) is 9.97 Å². The van der Waals surface area contributed by atoms with E-state index in [1.54, 1.807) is 23.9 Å². The lowest BCUT2D eigenvalue weighted by Crippen LogP contribution is -2.37. The molecule has 0 saturated carbocycles. The van der Waals surface area contributed by atoms with Crippen LogP contribution in [0, 0.1) is 13.8 Å². The number of nitrogens with zero attached hydrogens (tertiary/aromatic N) is 4. The molecule has 8 heteroatoms. The van der Waals surface area contributed by atoms with E-state index in [1.807, 2.05) is 19.1 Å². The minimum atomic E-state index is -0.271. The normalized spacial score (nSPS) is 14.9. The van der Waals surface area contributed by atoms with Crippen molar-refractivity contribution in [1.29, 1.82) is 0 Å². The van der Waals surface area contributed by atoms with Crippen molar-refractivity contribution < 1.29 is 4.79 Å². The number of ketones is 1. The number of piperidine rings is 1. The van der Waals surface area contributed by atoms with E-state index in [2.05, 4.69) is 25.6 Å². The van der Waals surface area contributed by atoms with Gasteiger partial charge in [-0.2, -0.15) is 4.98 Å². The number of carbonyl (C=O) groups is 1. The van der Waals surface area contributed by atoms with Gasteiger partial charge in [-0.3, -0.25) is 14.2 Å². The van der Waals surface area contributed by atoms with Crippen LogP contribution in [0.4, 0.5) is 11.8 Å². The molecule has 1 fully saturated rings. The molecular weight excluding hydrogens is 368 g/mol. The highest BCUT2D eigenvalue weighted by molar-refractivity contribution is 5.99. The van der Waals surface area contributed by atoms with Gasteiger partial charge in [0.25, 0.3) is 5.56 Å². The van der Waals surface area contributed by atoms with Crippen LogP contribution in [0.3, 0.4) is 0 Å². The molecule has 8 nitrogen and oxygen atoms in total. The lowest BCUT2D eigenvalue weighted by Gasteiger charge is -2.27. The lowest BCUT2D eigenvalue weighted by atomic mass is 10.0. The van der Waals surface area contributed by atoms with Gasteiger partial charge in [0.05, 0.1) is 5.56 Å². The van der Waals surface area contributed by atoms with Gasteiger partial charge in [0.2, 0.25) is 5.95 Å². The summed E-state index contributed by atoms with van der Waals surface area (Å²) < 4.78 is 1.69. The zero-order valence-electron chi connectivity index (χ0n) is 16.8. The molecule has 1 saturated heterocycles. The molecule has 150 valence electrons. The topological polar surface area (TPSA) is 102 Å². The molecule has 0 aromatic carbocycles. The van der Waals surface area contributed by atoms with Crippen molar-refractivity contribution >= 4 is 28.6 Å². The van der Waals surface area contributed by atoms with E-state index in [9.17, 15) is 9.59 Å². The third-order valence-electron chi connectivity index (χ3n) is 5.39. The summed E-state index contributed by atoms with van der Waals surface area (Å²) in [6.45, 7) is 6.83. The molecule has 0 bridgehead atoms. The maximum absolute atomic E-state index is 13.3. The molecule has 29 heavy (non-hydrogen) atoms. The number of hydrogen-bond donors (Lipinski definition) is 2. The van der Waals surface area contributed by atoms with Crippen LogP contribution in [0.15, 0.2) is 29.3 Å². The molecular formula is C21H24N6O2. The minimum absolute atomic E-state index is 0.00907. The van der Waals surface area contributed by atoms with E-state index in [-0.39, 0.29) is 22.9 Å². The Labute approximate surface area is 168 Å². The molecule has 0 amide bonds. The van der Waals surface area contributed by atoms with E-state index in [4.69, 9.17) is 0 Å². The molecule has 1 aliphatic rings. The Morgan fingerprint density at radius 1 is 1.17 bits per heavy atom. The predicted molar refractivity (Wildman–Crippen MR) is 112 cm³/mol. The van der Waals surface area contributed by atoms with Crippen LogP contribution in [0.25, 0.3) is 11.0 Å². The Hall–Kier alpha value is -3.13. The summed E-state index contributed by atoms with van der Waals surface area (Å²) in [6, 6.07) is 3.79. The first-order valence-corrected chi connectivity index (χ1v) is 9.79. The number of hydrogen-bond acceptors (Lipinski definition) is 7. The van der Waals surface area contributed by atoms with Crippen LogP contribution in [0.1, 0.15) is 47.3 Å². The largest absolute Gasteiger partial charge is 0.317 e. The standard InChI is InChI=1S/C21H24N6O2/c1-12-4-5-17(23-10-12)25-21-24-11-16-13(2)18(14(3)28)20(29)27(19(16)26-21)15-6-8-22-9-7-15/h4-5,10-11,15,22H,6-9H2,1-3H3,(H,23,24,25,26). The van der Waals surface area contributed by atoms with Gasteiger partial charge in [-0.05, 0) is 63.9 Å². The number of carbonyl (C=O) groups excluding carboxylic acids is 1. The zero-order valence-corrected chi connectivity index (χ0v) is 16.8. The van der Waals surface area contributed by atoms with Crippen LogP contribution >= 0.6 is 0 Å². The molecule has 0 aliphatic carbocycles. The first-order chi connectivity index (χ1) is 14.0. The van der Waals surface area contributed by atoms with Gasteiger partial charge < -0.3 is 10.6 Å². The monoisotopic (exact) mass is 392 g/mol. The van der Waals surface area contributed by atoms with E-state index < -0.39 is 0 Å². The molecule has 0 spiro atoms. The third-order valence-corrected chi connectivity index (χ3v) is 5.39. The van der Waals surface area contributed by atoms with Gasteiger partial charge in [-0.15, -0.1) is 0 Å². The third kappa shape index (κ3) is 3.63. The maximum atomic E-state index is 13.3. The van der Waals surface area contributed by atoms with Crippen LogP contribution < -0.4 is 16.2 Å². The molecule has 0 unspecified atom stereocenters. The van der Waals surface area contributed by atoms with Crippen molar-refractivity contribution in [3.05, 3.63) is 51.6 Å². The number of pyridine rings is 2. The maximum Gasteiger partial charge on any atom is 0.263 e. The summed E-state index contributed by atoms with van der Waals surface area (Å²) in [6.07, 6.45) is 5.05. The quantitative estimate of drug-likeness (QED) is 0.658. The van der Waals surface area contributed by atoms with Crippen molar-refractivity contribution in [2.24, 2.45) is 0 Å². The first kappa shape index (κ1) is 19.2. The van der Waals surface area contributed by atoms with Gasteiger partial charge in [0, 0.05) is 23.8 Å². The van der Waals surface area contributed by atoms with Crippen LogP contribution in [0.5, 0.6) is 0 Å². The van der Waals surface area contributed by atoms with Gasteiger partial charge in [0.15, 0.2) is 5.78 Å². The van der Waals surface area contributed by atoms with Crippen LogP contribution in [-0.2, 0) is 0 Å². The second-order valence-corrected chi connectivity index (χ2v) is 7.49. The molecule has 4 heterocycles. The Balaban J connectivity index is 1.89. The number of fused-ring (bicyclic) bond motifs is 1. The summed E-state index contributed by atoms with van der Waals surface area (Å²) in [5.74, 6) is 0.761. The van der Waals surface area contributed by atoms with Crippen molar-refractivity contribution in [3.8, 4) is 0 Å². The summed E-state index contributed by atoms with van der Waals surface area (Å²) >= 11 is 0. The SMILES string of the molecule is CC(=O)c1c(C)c2cnc(Nc3ccc(C)cn3)nc2n(C2CCNCC2)c1=O. The van der Waals surface area contributed by atoms with Crippen LogP contribution in [-0.4, -0.2) is 38.4 Å². The van der Waals surface area contributed by atoms with Gasteiger partial charge in [0.1, 0.15) is 11.5 Å². The predicted octanol–water partition coefficient (Wildman–Crippen LogP) is 2.67. The highest BCUT2D eigenvalue weighted by Crippen LogP contribution is 2.26. The Kier molecular flexibility index (Phi) is 5.10. The van der Waals surface area contributed by atoms with Crippen molar-refractivity contribution in [3.63, 3.8) is 0 Å². The fourth-order valence-electron chi connectivity index (χ4n) is 3.87. The number of aryl methyl sites for hydroxylation is 2. The highest BCUT2D eigenvalue weighted by atomic mass is 16.1. The first-order valence-electron chi connectivity index (χ1n) is 9.79. The minimum Gasteiger partial charge on any atom is -0.317 e. The number of Topliss-reactive ketones (excluding diaryl/α,β-unsaturated/α-hetero) is 1. The van der Waals surface area contributed by atoms with Crippen LogP contribution in [0.2, 0.25) is 0 Å². The van der Waals surface area contributed by atoms with Crippen molar-refractivity contribution in [1.82, 2.24) is 24.8 Å². The second-order valence-electron chi connectivity index (χ2n) is 7.49. The number of nitrogens with one attached hydrogen (secondary N) is 2. The van der Waals surface area contributed by atoms with E-state index in [0.29, 0.717) is 23.0 Å². The highest BCUT2D eigenvalue weighted by Gasteiger charge is 2.24. The zero-order chi connectivity index (χ0) is 20.5. The smallest absolute Gasteiger partial charge is 0.263 e. The molecule has 4 rings (SSSR count). The summed E-state index contributed by atoms with van der Waals surface area (Å²) in [5, 5.41) is 7.13. The molecule has 3 aromatic heterocycles. The number of aromatic nitrogens is 4. The van der Waals surface area contributed by atoms with Gasteiger partial charge >= 0.3 is 0 Å². The Morgan fingerprint density at radius 3 is 2.59 bits per heavy atom. The van der Waals surface area contributed by atoms with Gasteiger partial charge in [-0.1, -0.05) is 6.07 Å². The summed E-state index contributed by atoms with van der Waals surface area (Å²) in [7, 11) is 0. The molecule has 3 aromatic rings. The average molecular weight is 392 g/mol. The van der Waals surface area contributed by atoms with E-state index in [1.165, 1.54) is 6.92 Å². The second kappa shape index (κ2) is 7.71. The molecule has 0 atom stereocenters. The molecule has 1 aliphatic heterocycles. The van der Waals surface area contributed by atoms with E-state index >= 15 is 0 Å². The molecule has 2 N–H and O–H groups in total. The number of rotatable bonds is 4. The fourth-order valence-corrected chi connectivity index (χ4v) is 3.87. The fraction of sp³-hybridized carbons (Fsp3) is 0.381.